The molecule has 1 saturated heterocycles. The maximum atomic E-state index is 13.8. The molecule has 3 atom stereocenters. The number of ether oxygens (including phenoxy) is 1. The summed E-state index contributed by atoms with van der Waals surface area (Å²) in [7, 11) is 0. The Bertz CT molecular complexity index is 1400. The third-order valence-corrected chi connectivity index (χ3v) is 6.74. The smallest absolute Gasteiger partial charge is 0.433 e. The van der Waals surface area contributed by atoms with Gasteiger partial charge in [0.1, 0.15) is 17.7 Å². The van der Waals surface area contributed by atoms with E-state index in [4.69, 9.17) is 4.74 Å². The first-order valence-corrected chi connectivity index (χ1v) is 12.1. The van der Waals surface area contributed by atoms with E-state index in [1.54, 1.807) is 18.7 Å². The van der Waals surface area contributed by atoms with E-state index in [9.17, 15) is 33.0 Å². The van der Waals surface area contributed by atoms with Crippen molar-refractivity contribution in [2.75, 3.05) is 13.1 Å². The van der Waals surface area contributed by atoms with Gasteiger partial charge in [-0.3, -0.25) is 9.59 Å². The van der Waals surface area contributed by atoms with Crippen LogP contribution in [0.3, 0.4) is 0 Å². The standard InChI is InChI=1S/C26H29F3N4O5/c1-13(17-11-18-22(30-14(2)31-23(18)35)32-21(17)26(27,28)29)38-16-7-5-15(6-8-16)24(36)33-10-9-20(34)19(12-33)25(3,4)37/h5-8,11,13,19-20,34,37H,9-10,12H2,1-4H3,(H,30,31,32,35)/t13-,19?,20?/m0/s1. The minimum absolute atomic E-state index is 0.0917. The van der Waals surface area contributed by atoms with Crippen molar-refractivity contribution < 1.29 is 32.9 Å². The third-order valence-electron chi connectivity index (χ3n) is 6.74. The number of pyridine rings is 1. The van der Waals surface area contributed by atoms with Crippen LogP contribution >= 0.6 is 0 Å². The van der Waals surface area contributed by atoms with Crippen LogP contribution in [0.2, 0.25) is 0 Å². The molecule has 1 aliphatic rings. The fourth-order valence-electron chi connectivity index (χ4n) is 4.67. The quantitative estimate of drug-likeness (QED) is 0.458. The van der Waals surface area contributed by atoms with Gasteiger partial charge in [0.05, 0.1) is 17.1 Å². The number of amides is 1. The molecule has 0 radical (unpaired) electrons. The predicted molar refractivity (Wildman–Crippen MR) is 132 cm³/mol. The van der Waals surface area contributed by atoms with Crippen LogP contribution in [-0.4, -0.2) is 60.8 Å². The first-order chi connectivity index (χ1) is 17.6. The number of piperidine rings is 1. The summed E-state index contributed by atoms with van der Waals surface area (Å²) < 4.78 is 47.2. The molecule has 3 heterocycles. The number of rotatable bonds is 5. The number of benzene rings is 1. The van der Waals surface area contributed by atoms with E-state index in [0.29, 0.717) is 18.5 Å². The molecule has 204 valence electrons. The molecular formula is C26H29F3N4O5. The Morgan fingerprint density at radius 1 is 1.21 bits per heavy atom. The maximum absolute atomic E-state index is 13.8. The number of H-pyrrole nitrogens is 1. The zero-order chi connectivity index (χ0) is 28.0. The first-order valence-electron chi connectivity index (χ1n) is 12.1. The van der Waals surface area contributed by atoms with Crippen LogP contribution in [0.15, 0.2) is 35.1 Å². The highest BCUT2D eigenvalue weighted by molar-refractivity contribution is 5.94. The molecule has 1 amide bonds. The summed E-state index contributed by atoms with van der Waals surface area (Å²) in [6.07, 6.45) is -6.34. The Morgan fingerprint density at radius 2 is 1.87 bits per heavy atom. The molecule has 0 aliphatic carbocycles. The highest BCUT2D eigenvalue weighted by atomic mass is 19.4. The molecule has 0 saturated carbocycles. The van der Waals surface area contributed by atoms with Crippen molar-refractivity contribution in [2.45, 2.75) is 58.1 Å². The highest BCUT2D eigenvalue weighted by Gasteiger charge is 2.40. The van der Waals surface area contributed by atoms with Gasteiger partial charge in [0.15, 0.2) is 11.3 Å². The molecule has 3 aromatic rings. The SMILES string of the molecule is Cc1nc2nc(C(F)(F)F)c([C@H](C)Oc3ccc(C(=O)N4CCC(O)C(C(C)(C)O)C4)cc3)cc2c(=O)[nH]1. The van der Waals surface area contributed by atoms with Crippen molar-refractivity contribution in [1.82, 2.24) is 19.9 Å². The monoisotopic (exact) mass is 534 g/mol. The van der Waals surface area contributed by atoms with Gasteiger partial charge in [-0.1, -0.05) is 0 Å². The molecular weight excluding hydrogens is 505 g/mol. The van der Waals surface area contributed by atoms with E-state index in [0.717, 1.165) is 6.07 Å². The zero-order valence-corrected chi connectivity index (χ0v) is 21.3. The lowest BCUT2D eigenvalue weighted by Gasteiger charge is -2.41. The fraction of sp³-hybridized carbons (Fsp3) is 0.462. The van der Waals surface area contributed by atoms with Crippen molar-refractivity contribution in [3.63, 3.8) is 0 Å². The van der Waals surface area contributed by atoms with Crippen molar-refractivity contribution >= 4 is 16.9 Å². The first kappa shape index (κ1) is 27.5. The van der Waals surface area contributed by atoms with E-state index in [-0.39, 0.29) is 40.6 Å². The van der Waals surface area contributed by atoms with Crippen LogP contribution in [-0.2, 0) is 6.18 Å². The molecule has 2 aromatic heterocycles. The number of alkyl halides is 3. The Kier molecular flexibility index (Phi) is 7.23. The molecule has 38 heavy (non-hydrogen) atoms. The van der Waals surface area contributed by atoms with Crippen LogP contribution in [0.4, 0.5) is 13.2 Å². The molecule has 1 fully saturated rings. The minimum Gasteiger partial charge on any atom is -0.486 e. The molecule has 0 spiro atoms. The number of carbonyl (C=O) groups is 1. The number of likely N-dealkylation sites (tertiary alicyclic amines) is 1. The summed E-state index contributed by atoms with van der Waals surface area (Å²) in [6.45, 7) is 6.54. The van der Waals surface area contributed by atoms with Crippen LogP contribution in [0.1, 0.15) is 60.7 Å². The van der Waals surface area contributed by atoms with Crippen LogP contribution in [0, 0.1) is 12.8 Å². The molecule has 2 unspecified atom stereocenters. The van der Waals surface area contributed by atoms with E-state index < -0.39 is 41.2 Å². The Hall–Kier alpha value is -3.51. The second-order valence-corrected chi connectivity index (χ2v) is 10.1. The minimum atomic E-state index is -4.81. The summed E-state index contributed by atoms with van der Waals surface area (Å²) in [5, 5.41) is 20.5. The van der Waals surface area contributed by atoms with Gasteiger partial charge < -0.3 is 24.8 Å². The second-order valence-electron chi connectivity index (χ2n) is 10.1. The molecule has 9 nitrogen and oxygen atoms in total. The lowest BCUT2D eigenvalue weighted by Crippen LogP contribution is -2.53. The lowest BCUT2D eigenvalue weighted by molar-refractivity contribution is -0.142. The third kappa shape index (κ3) is 5.65. The largest absolute Gasteiger partial charge is 0.486 e. The summed E-state index contributed by atoms with van der Waals surface area (Å²) in [4.78, 5) is 36.9. The van der Waals surface area contributed by atoms with Gasteiger partial charge in [-0.25, -0.2) is 9.97 Å². The van der Waals surface area contributed by atoms with Gasteiger partial charge in [-0.2, -0.15) is 13.2 Å². The number of halogens is 3. The predicted octanol–water partition coefficient (Wildman–Crippen LogP) is 3.38. The number of fused-ring (bicyclic) bond motifs is 1. The number of aromatic amines is 1. The number of hydrogen-bond acceptors (Lipinski definition) is 7. The number of aromatic nitrogens is 3. The Labute approximate surface area is 216 Å². The van der Waals surface area contributed by atoms with Crippen molar-refractivity contribution in [2.24, 2.45) is 5.92 Å². The number of nitrogens with one attached hydrogen (secondary N) is 1. The topological polar surface area (TPSA) is 129 Å². The fourth-order valence-corrected chi connectivity index (χ4v) is 4.67. The van der Waals surface area contributed by atoms with Gasteiger partial charge >= 0.3 is 6.18 Å². The summed E-state index contributed by atoms with van der Waals surface area (Å²) >= 11 is 0. The summed E-state index contributed by atoms with van der Waals surface area (Å²) in [5.74, 6) is -0.452. The van der Waals surface area contributed by atoms with E-state index >= 15 is 0 Å². The average molecular weight is 535 g/mol. The van der Waals surface area contributed by atoms with Crippen LogP contribution in [0.5, 0.6) is 5.75 Å². The van der Waals surface area contributed by atoms with Gasteiger partial charge in [-0.15, -0.1) is 0 Å². The van der Waals surface area contributed by atoms with Crippen molar-refractivity contribution in [1.29, 1.82) is 0 Å². The van der Waals surface area contributed by atoms with Gasteiger partial charge in [0, 0.05) is 30.1 Å². The number of aryl methyl sites for hydroxylation is 1. The number of aliphatic hydroxyl groups is 2. The number of aliphatic hydroxyl groups excluding tert-OH is 1. The van der Waals surface area contributed by atoms with Crippen LogP contribution in [0.25, 0.3) is 11.0 Å². The number of nitrogens with zero attached hydrogens (tertiary/aromatic N) is 3. The molecule has 3 N–H and O–H groups in total. The highest BCUT2D eigenvalue weighted by Crippen LogP contribution is 2.36. The number of hydrogen-bond donors (Lipinski definition) is 3. The molecule has 4 rings (SSSR count). The normalized spacial score (nSPS) is 19.4. The van der Waals surface area contributed by atoms with Gasteiger partial charge in [0.25, 0.3) is 11.5 Å². The zero-order valence-electron chi connectivity index (χ0n) is 21.3. The van der Waals surface area contributed by atoms with Gasteiger partial charge in [0.2, 0.25) is 0 Å². The average Bonchev–Trinajstić information content (AvgIpc) is 2.82. The van der Waals surface area contributed by atoms with E-state index in [1.165, 1.54) is 38.1 Å². The maximum Gasteiger partial charge on any atom is 0.433 e. The molecule has 0 bridgehead atoms. The van der Waals surface area contributed by atoms with Crippen molar-refractivity contribution in [3.8, 4) is 5.75 Å². The van der Waals surface area contributed by atoms with Crippen molar-refractivity contribution in [3.05, 3.63) is 63.3 Å². The summed E-state index contributed by atoms with van der Waals surface area (Å²) in [5.41, 5.74) is -3.29. The van der Waals surface area contributed by atoms with Gasteiger partial charge in [-0.05, 0) is 64.4 Å². The molecule has 1 aromatic carbocycles. The second kappa shape index (κ2) is 9.99. The van der Waals surface area contributed by atoms with E-state index in [1.807, 2.05) is 0 Å². The lowest BCUT2D eigenvalue weighted by atomic mass is 9.82. The Balaban J connectivity index is 1.55. The summed E-state index contributed by atoms with van der Waals surface area (Å²) in [6, 6.07) is 7.01. The van der Waals surface area contributed by atoms with E-state index in [2.05, 4.69) is 15.0 Å². The Morgan fingerprint density at radius 3 is 2.47 bits per heavy atom. The molecule has 12 heteroatoms. The number of carbonyl (C=O) groups excluding carboxylic acids is 1. The molecule has 1 aliphatic heterocycles. The van der Waals surface area contributed by atoms with Crippen LogP contribution < -0.4 is 10.3 Å².